The Bertz CT molecular complexity index is 367. The van der Waals surface area contributed by atoms with E-state index in [2.05, 4.69) is 16.7 Å². The Hall–Kier alpha value is -0.120. The van der Waals surface area contributed by atoms with Gasteiger partial charge in [-0.2, -0.15) is 0 Å². The molecule has 2 saturated heterocycles. The molecule has 2 heterocycles. The van der Waals surface area contributed by atoms with Crippen molar-refractivity contribution in [1.29, 1.82) is 0 Å². The van der Waals surface area contributed by atoms with Crippen LogP contribution >= 0.6 is 0 Å². The fourth-order valence-electron chi connectivity index (χ4n) is 5.64. The van der Waals surface area contributed by atoms with E-state index < -0.39 is 0 Å². The largest absolute Gasteiger partial charge is 0.329 e. The van der Waals surface area contributed by atoms with Crippen molar-refractivity contribution >= 4 is 0 Å². The molecule has 4 atom stereocenters. The van der Waals surface area contributed by atoms with Crippen LogP contribution in [-0.2, 0) is 0 Å². The van der Waals surface area contributed by atoms with Gasteiger partial charge in [0.1, 0.15) is 0 Å². The van der Waals surface area contributed by atoms with Crippen LogP contribution in [0.3, 0.4) is 0 Å². The number of fused-ring (bicyclic) bond motifs is 1. The van der Waals surface area contributed by atoms with Crippen LogP contribution in [0.5, 0.6) is 0 Å². The topological polar surface area (TPSA) is 32.5 Å². The third kappa shape index (κ3) is 2.05. The van der Waals surface area contributed by atoms with Crippen LogP contribution in [0.1, 0.15) is 58.3 Å². The van der Waals surface area contributed by atoms with E-state index in [1.165, 1.54) is 64.5 Å². The maximum Gasteiger partial charge on any atom is 0.0476 e. The number of piperidine rings is 1. The molecule has 2 aliphatic heterocycles. The number of hydrogen-bond acceptors (Lipinski definition) is 3. The van der Waals surface area contributed by atoms with Crippen LogP contribution in [0.15, 0.2) is 0 Å². The van der Waals surface area contributed by atoms with E-state index in [0.717, 1.165) is 30.6 Å². The van der Waals surface area contributed by atoms with Crippen LogP contribution in [0.4, 0.5) is 0 Å². The molecule has 2 saturated carbocycles. The van der Waals surface area contributed by atoms with Crippen LogP contribution in [0.25, 0.3) is 0 Å². The second-order valence-corrected chi connectivity index (χ2v) is 7.98. The predicted octanol–water partition coefficient (Wildman–Crippen LogP) is 2.20. The fourth-order valence-corrected chi connectivity index (χ4v) is 5.64. The van der Waals surface area contributed by atoms with Gasteiger partial charge in [-0.3, -0.25) is 9.80 Å². The first-order chi connectivity index (χ1) is 9.73. The number of nitrogens with zero attached hydrogens (tertiary/aromatic N) is 2. The minimum atomic E-state index is 0.301. The second-order valence-electron chi connectivity index (χ2n) is 7.98. The molecule has 4 fully saturated rings. The molecule has 4 unspecified atom stereocenters. The Morgan fingerprint density at radius 1 is 1.10 bits per heavy atom. The lowest BCUT2D eigenvalue weighted by Gasteiger charge is -2.49. The summed E-state index contributed by atoms with van der Waals surface area (Å²) >= 11 is 0. The Morgan fingerprint density at radius 2 is 1.90 bits per heavy atom. The lowest BCUT2D eigenvalue weighted by atomic mass is 9.84. The maximum atomic E-state index is 6.36. The molecular weight excluding hydrogens is 246 g/mol. The minimum absolute atomic E-state index is 0.301. The van der Waals surface area contributed by atoms with Gasteiger partial charge >= 0.3 is 0 Å². The molecule has 0 bridgehead atoms. The lowest BCUT2D eigenvalue weighted by Crippen LogP contribution is -2.61. The third-order valence-electron chi connectivity index (χ3n) is 6.72. The Kier molecular flexibility index (Phi) is 3.36. The van der Waals surface area contributed by atoms with Gasteiger partial charge in [0.05, 0.1) is 0 Å². The van der Waals surface area contributed by atoms with E-state index in [1.807, 2.05) is 0 Å². The molecule has 20 heavy (non-hydrogen) atoms. The standard InChI is InChI=1S/C17H31N3/c1-13-10-17(11-18,12-19(13)15-7-8-15)20-9-3-5-14-4-2-6-16(14)20/h13-16H,2-12,18H2,1H3. The highest BCUT2D eigenvalue weighted by Crippen LogP contribution is 2.45. The zero-order valence-electron chi connectivity index (χ0n) is 13.1. The van der Waals surface area contributed by atoms with Gasteiger partial charge in [0.25, 0.3) is 0 Å². The number of nitrogens with two attached hydrogens (primary N) is 1. The zero-order chi connectivity index (χ0) is 13.7. The molecule has 0 aromatic rings. The monoisotopic (exact) mass is 277 g/mol. The first-order valence-electron chi connectivity index (χ1n) is 8.96. The van der Waals surface area contributed by atoms with Gasteiger partial charge < -0.3 is 5.73 Å². The van der Waals surface area contributed by atoms with Gasteiger partial charge in [-0.15, -0.1) is 0 Å². The van der Waals surface area contributed by atoms with Crippen molar-refractivity contribution in [2.24, 2.45) is 11.7 Å². The summed E-state index contributed by atoms with van der Waals surface area (Å²) in [5.41, 5.74) is 6.66. The minimum Gasteiger partial charge on any atom is -0.329 e. The molecule has 0 spiro atoms. The SMILES string of the molecule is CC1CC(CN)(N2CCCC3CCCC32)CN1C1CC1. The zero-order valence-corrected chi connectivity index (χ0v) is 13.1. The lowest BCUT2D eigenvalue weighted by molar-refractivity contribution is 0.00800. The average molecular weight is 277 g/mol. The highest BCUT2D eigenvalue weighted by molar-refractivity contribution is 5.09. The van der Waals surface area contributed by atoms with Crippen molar-refractivity contribution < 1.29 is 0 Å². The number of likely N-dealkylation sites (tertiary alicyclic amines) is 2. The summed E-state index contributed by atoms with van der Waals surface area (Å²) in [6.45, 7) is 5.86. The average Bonchev–Trinajstić information content (AvgIpc) is 3.08. The van der Waals surface area contributed by atoms with Crippen LogP contribution in [0.2, 0.25) is 0 Å². The first-order valence-corrected chi connectivity index (χ1v) is 8.96. The molecule has 4 rings (SSSR count). The number of hydrogen-bond donors (Lipinski definition) is 1. The Labute approximate surface area is 123 Å². The first kappa shape index (κ1) is 13.5. The summed E-state index contributed by atoms with van der Waals surface area (Å²) in [6, 6.07) is 2.49. The van der Waals surface area contributed by atoms with Crippen LogP contribution in [0, 0.1) is 5.92 Å². The van der Waals surface area contributed by atoms with Gasteiger partial charge in [-0.25, -0.2) is 0 Å². The van der Waals surface area contributed by atoms with E-state index in [0.29, 0.717) is 5.54 Å². The van der Waals surface area contributed by atoms with Gasteiger partial charge in [0.2, 0.25) is 0 Å². The van der Waals surface area contributed by atoms with Gasteiger partial charge in [-0.05, 0) is 64.3 Å². The molecule has 0 aromatic carbocycles. The highest BCUT2D eigenvalue weighted by Gasteiger charge is 2.52. The molecule has 2 N–H and O–H groups in total. The van der Waals surface area contributed by atoms with E-state index in [9.17, 15) is 0 Å². The van der Waals surface area contributed by atoms with E-state index >= 15 is 0 Å². The van der Waals surface area contributed by atoms with Crippen molar-refractivity contribution in [1.82, 2.24) is 9.80 Å². The smallest absolute Gasteiger partial charge is 0.0476 e. The second kappa shape index (κ2) is 4.96. The summed E-state index contributed by atoms with van der Waals surface area (Å²) < 4.78 is 0. The summed E-state index contributed by atoms with van der Waals surface area (Å²) in [5.74, 6) is 0.984. The van der Waals surface area contributed by atoms with Crippen LogP contribution < -0.4 is 5.73 Å². The van der Waals surface area contributed by atoms with Gasteiger partial charge in [0, 0.05) is 36.8 Å². The van der Waals surface area contributed by atoms with Gasteiger partial charge in [-0.1, -0.05) is 6.42 Å². The summed E-state index contributed by atoms with van der Waals surface area (Å²) in [6.07, 6.45) is 11.4. The quantitative estimate of drug-likeness (QED) is 0.858. The van der Waals surface area contributed by atoms with Crippen molar-refractivity contribution in [2.45, 2.75) is 82.0 Å². The predicted molar refractivity (Wildman–Crippen MR) is 82.7 cm³/mol. The summed E-state index contributed by atoms with van der Waals surface area (Å²) in [4.78, 5) is 5.68. The fraction of sp³-hybridized carbons (Fsp3) is 1.00. The van der Waals surface area contributed by atoms with Crippen LogP contribution in [-0.4, -0.2) is 53.1 Å². The summed E-state index contributed by atoms with van der Waals surface area (Å²) in [7, 11) is 0. The molecular formula is C17H31N3. The Balaban J connectivity index is 1.57. The van der Waals surface area contributed by atoms with Gasteiger partial charge in [0.15, 0.2) is 0 Å². The molecule has 0 aromatic heterocycles. The van der Waals surface area contributed by atoms with Crippen molar-refractivity contribution in [3.8, 4) is 0 Å². The molecule has 3 nitrogen and oxygen atoms in total. The molecule has 114 valence electrons. The molecule has 0 amide bonds. The normalized spacial score (nSPS) is 46.8. The molecule has 3 heteroatoms. The van der Waals surface area contributed by atoms with Crippen molar-refractivity contribution in [3.63, 3.8) is 0 Å². The molecule has 2 aliphatic carbocycles. The molecule has 0 radical (unpaired) electrons. The highest BCUT2D eigenvalue weighted by atomic mass is 15.3. The van der Waals surface area contributed by atoms with E-state index in [1.54, 1.807) is 0 Å². The van der Waals surface area contributed by atoms with Crippen molar-refractivity contribution in [3.05, 3.63) is 0 Å². The van der Waals surface area contributed by atoms with E-state index in [-0.39, 0.29) is 0 Å². The van der Waals surface area contributed by atoms with Crippen molar-refractivity contribution in [2.75, 3.05) is 19.6 Å². The third-order valence-corrected chi connectivity index (χ3v) is 6.72. The Morgan fingerprint density at radius 3 is 2.65 bits per heavy atom. The maximum absolute atomic E-state index is 6.36. The summed E-state index contributed by atoms with van der Waals surface area (Å²) in [5, 5.41) is 0. The number of rotatable bonds is 3. The molecule has 4 aliphatic rings. The van der Waals surface area contributed by atoms with E-state index in [4.69, 9.17) is 5.73 Å².